The van der Waals surface area contributed by atoms with Crippen molar-refractivity contribution in [2.24, 2.45) is 5.73 Å². The number of aromatic carboxylic acids is 1. The maximum Gasteiger partial charge on any atom is 0.340 e. The summed E-state index contributed by atoms with van der Waals surface area (Å²) in [6.07, 6.45) is 10.1. The van der Waals surface area contributed by atoms with E-state index in [1.165, 1.54) is 10.9 Å². The molecule has 12 rings (SSSR count). The molecule has 0 atom stereocenters. The number of aromatic nitrogens is 12. The summed E-state index contributed by atoms with van der Waals surface area (Å²) >= 11 is 0. The van der Waals surface area contributed by atoms with Crippen molar-refractivity contribution < 1.29 is 25.3 Å². The molecule has 25 nitrogen and oxygen atoms in total. The molecule has 0 fully saturated rings. The lowest BCUT2D eigenvalue weighted by Gasteiger charge is -2.07. The van der Waals surface area contributed by atoms with Crippen LogP contribution in [0.5, 0.6) is 0 Å². The Morgan fingerprint density at radius 1 is 0.505 bits per heavy atom. The average molecular weight is 1320 g/mol. The third-order valence-corrected chi connectivity index (χ3v) is 14.8. The van der Waals surface area contributed by atoms with E-state index in [0.29, 0.717) is 43.6 Å². The molecule has 12 aromatic rings. The van der Waals surface area contributed by atoms with Crippen molar-refractivity contribution >= 4 is 80.4 Å². The number of hydrogen-bond acceptors (Lipinski definition) is 19. The zero-order valence-corrected chi connectivity index (χ0v) is 54.6. The Labute approximate surface area is 565 Å². The summed E-state index contributed by atoms with van der Waals surface area (Å²) in [7, 11) is -1.00. The van der Waals surface area contributed by atoms with Gasteiger partial charge in [0.2, 0.25) is 0 Å². The van der Waals surface area contributed by atoms with Crippen molar-refractivity contribution in [3.8, 4) is 18.2 Å². The minimum atomic E-state index is -1.15. The molecular weight excluding hydrogens is 1250 g/mol. The predicted octanol–water partition coefficient (Wildman–Crippen LogP) is 9.55. The van der Waals surface area contributed by atoms with Crippen LogP contribution in [0.15, 0.2) is 146 Å². The molecule has 0 saturated carbocycles. The lowest BCUT2D eigenvalue weighted by Crippen LogP contribution is -2.23. The first-order valence-corrected chi connectivity index (χ1v) is 29.6. The molecule has 27 heteroatoms. The van der Waals surface area contributed by atoms with Crippen LogP contribution in [0.3, 0.4) is 0 Å². The first-order chi connectivity index (χ1) is 46.6. The number of nitriles is 3. The van der Waals surface area contributed by atoms with Crippen LogP contribution >= 0.6 is 12.4 Å². The van der Waals surface area contributed by atoms with Gasteiger partial charge in [0, 0.05) is 90.1 Å². The number of fused-ring (bicyclic) bond motifs is 3. The summed E-state index contributed by atoms with van der Waals surface area (Å²) in [6.45, 7) is 13.9. The fourth-order valence-corrected chi connectivity index (χ4v) is 9.93. The minimum Gasteiger partial charge on any atom is -0.478 e. The Morgan fingerprint density at radius 2 is 0.814 bits per heavy atom. The number of nitrogens with zero attached hydrogens (tertiary/aromatic N) is 15. The van der Waals surface area contributed by atoms with E-state index in [4.69, 9.17) is 34.7 Å². The summed E-state index contributed by atoms with van der Waals surface area (Å²) in [5.74, 6) is -0.467. The normalized spacial score (nSPS) is 10.5. The number of halogens is 2. The SMILES string of the molecule is Cc1cnc2ccc(Cn3cc(C(=O)NCc4ccc(N)nc4C)c(C#N)n3)cc2c1.Cc1cnc2ccc(Cn3cc(C(=O)NCc4ccc(N)nc4C)c(C#N)n3)cc2c1.Cc1cnc2ccc(Cn3cc(C(=O)O)c(C#N)n3)cc2c1.Cc1nc(N)ccc1CN.Cl.[2H]CF. The fraction of sp³-hybridized carbons (Fsp3) is 0.186. The van der Waals surface area contributed by atoms with Crippen molar-refractivity contribution in [2.75, 3.05) is 24.4 Å². The number of carbonyl (C=O) groups is 3. The highest BCUT2D eigenvalue weighted by Crippen LogP contribution is 2.21. The van der Waals surface area contributed by atoms with Crippen LogP contribution in [0.25, 0.3) is 32.7 Å². The van der Waals surface area contributed by atoms with Gasteiger partial charge >= 0.3 is 5.97 Å². The fourth-order valence-electron chi connectivity index (χ4n) is 9.93. The number of carbonyl (C=O) groups excluding carboxylic acids is 2. The standard InChI is InChI=1S/2C23H21N7O.C16H12N4O2.C7H11N3.CH3F.ClH/c2*1-14-7-18-8-16(3-5-20(18)26-10-14)12-30-13-19(21(9-24)29-30)23(31)27-11-17-4-6-22(25)28-15(17)2;1-10-4-12-5-11(2-3-14(12)18-7-10)8-20-9-13(16(21)22)15(6-17)19-20;1-5-6(4-8)2-3-7(9)10-5;1-2;/h2*3-8,10,13H,11-12H2,1-2H3,(H2,25,28)(H,27,31);2-5,7,9H,8H2,1H3,(H,21,22);2-3H,4,8H2,1H3,(H2,9,10);1H3;1H/i;;;;1D;. The van der Waals surface area contributed by atoms with Gasteiger partial charge in [0.1, 0.15) is 41.2 Å². The number of benzene rings is 3. The second-order valence-corrected chi connectivity index (χ2v) is 22.0. The predicted molar refractivity (Wildman–Crippen MR) is 369 cm³/mol. The highest BCUT2D eigenvalue weighted by Gasteiger charge is 2.20. The highest BCUT2D eigenvalue weighted by atomic mass is 35.5. The number of carboxylic acid groups (broad SMARTS) is 1. The summed E-state index contributed by atoms with van der Waals surface area (Å²) in [5, 5.41) is 58.1. The van der Waals surface area contributed by atoms with Gasteiger partial charge in [-0.3, -0.25) is 43.0 Å². The Kier molecular flexibility index (Phi) is 24.2. The lowest BCUT2D eigenvalue weighted by atomic mass is 10.1. The molecule has 0 saturated heterocycles. The topological polar surface area (TPSA) is 402 Å². The second-order valence-electron chi connectivity index (χ2n) is 22.0. The first-order valence-electron chi connectivity index (χ1n) is 30.3. The molecule has 3 aromatic carbocycles. The van der Waals surface area contributed by atoms with E-state index >= 15 is 0 Å². The highest BCUT2D eigenvalue weighted by molar-refractivity contribution is 5.96. The monoisotopic (exact) mass is 1320 g/mol. The van der Waals surface area contributed by atoms with Gasteiger partial charge in [-0.15, -0.1) is 12.4 Å². The van der Waals surface area contributed by atoms with Gasteiger partial charge in [-0.05, 0) is 164 Å². The van der Waals surface area contributed by atoms with Crippen molar-refractivity contribution in [3.05, 3.63) is 247 Å². The van der Waals surface area contributed by atoms with Gasteiger partial charge in [0.25, 0.3) is 11.8 Å². The molecule has 492 valence electrons. The Bertz CT molecular complexity index is 4810. The van der Waals surface area contributed by atoms with E-state index in [1.54, 1.807) is 46.0 Å². The number of alkyl halides is 1. The molecule has 0 bridgehead atoms. The summed E-state index contributed by atoms with van der Waals surface area (Å²) in [6, 6.07) is 40.4. The molecule has 9 aromatic heterocycles. The van der Waals surface area contributed by atoms with E-state index in [2.05, 4.69) is 68.0 Å². The number of nitrogens with one attached hydrogen (secondary N) is 2. The average Bonchev–Trinajstić information content (AvgIpc) is 1.44. The third-order valence-electron chi connectivity index (χ3n) is 14.8. The number of rotatable bonds is 14. The number of pyridine rings is 6. The number of hydrogen-bond donors (Lipinski definition) is 7. The van der Waals surface area contributed by atoms with Gasteiger partial charge in [-0.2, -0.15) is 31.1 Å². The molecule has 0 aliphatic heterocycles. The van der Waals surface area contributed by atoms with E-state index in [-0.39, 0.29) is 71.1 Å². The van der Waals surface area contributed by atoms with Crippen molar-refractivity contribution in [2.45, 2.75) is 80.8 Å². The van der Waals surface area contributed by atoms with Gasteiger partial charge in [-0.25, -0.2) is 19.7 Å². The first kappa shape index (κ1) is 70.3. The number of amides is 2. The molecule has 97 heavy (non-hydrogen) atoms. The number of carboxylic acids is 1. The second kappa shape index (κ2) is 33.3. The Balaban J connectivity index is 0.000000191. The third kappa shape index (κ3) is 19.0. The van der Waals surface area contributed by atoms with Crippen molar-refractivity contribution in [1.82, 2.24) is 69.9 Å². The van der Waals surface area contributed by atoms with E-state index in [9.17, 15) is 29.3 Å². The van der Waals surface area contributed by atoms with Gasteiger partial charge < -0.3 is 38.7 Å². The van der Waals surface area contributed by atoms with Crippen LogP contribution < -0.4 is 33.6 Å². The number of nitrogen functional groups attached to an aromatic ring is 3. The number of anilines is 3. The van der Waals surface area contributed by atoms with Gasteiger partial charge in [0.15, 0.2) is 17.1 Å². The van der Waals surface area contributed by atoms with Crippen molar-refractivity contribution in [1.29, 1.82) is 15.8 Å². The van der Waals surface area contributed by atoms with E-state index in [1.807, 2.05) is 151 Å². The maximum atomic E-state index is 12.7. The number of aryl methyl sites for hydroxylation is 6. The number of nitrogens with two attached hydrogens (primary N) is 4. The molecule has 0 spiro atoms. The van der Waals surface area contributed by atoms with Crippen LogP contribution in [0.2, 0.25) is 0 Å². The molecule has 0 radical (unpaired) electrons. The van der Waals surface area contributed by atoms with Crippen LogP contribution in [0.1, 0.15) is 117 Å². The smallest absolute Gasteiger partial charge is 0.340 e. The molecule has 9 heterocycles. The molecule has 0 aliphatic carbocycles. The maximum absolute atomic E-state index is 12.7. The molecule has 0 unspecified atom stereocenters. The molecular formula is C70H69ClFN21O4. The summed E-state index contributed by atoms with van der Waals surface area (Å²) in [4.78, 5) is 62.0. The van der Waals surface area contributed by atoms with E-state index in [0.717, 1.165) is 99.9 Å². The Hall–Kier alpha value is -12.6. The molecule has 11 N–H and O–H groups in total. The van der Waals surface area contributed by atoms with Crippen LogP contribution in [-0.2, 0) is 39.3 Å². The minimum absolute atomic E-state index is 0. The summed E-state index contributed by atoms with van der Waals surface area (Å²) < 4.78 is 20.2. The molecule has 2 amide bonds. The summed E-state index contributed by atoms with van der Waals surface area (Å²) in [5.41, 5.74) is 36.8. The van der Waals surface area contributed by atoms with Gasteiger partial charge in [0.05, 0.1) is 55.8 Å². The quantitative estimate of drug-likeness (QED) is 0.0532. The Morgan fingerprint density at radius 3 is 1.10 bits per heavy atom. The van der Waals surface area contributed by atoms with E-state index < -0.39 is 13.1 Å². The zero-order chi connectivity index (χ0) is 69.9. The van der Waals surface area contributed by atoms with Gasteiger partial charge in [-0.1, -0.05) is 36.4 Å². The van der Waals surface area contributed by atoms with Crippen LogP contribution in [0, 0.1) is 75.5 Å². The largest absolute Gasteiger partial charge is 0.478 e. The van der Waals surface area contributed by atoms with Crippen LogP contribution in [-0.4, -0.2) is 89.3 Å². The van der Waals surface area contributed by atoms with Crippen LogP contribution in [0.4, 0.5) is 21.8 Å². The molecule has 0 aliphatic rings. The lowest BCUT2D eigenvalue weighted by molar-refractivity contribution is 0.0695. The zero-order valence-electron chi connectivity index (χ0n) is 54.8. The van der Waals surface area contributed by atoms with Crippen molar-refractivity contribution in [3.63, 3.8) is 0 Å².